The van der Waals surface area contributed by atoms with Crippen molar-refractivity contribution in [1.82, 2.24) is 4.31 Å². The molecule has 9 nitrogen and oxygen atoms in total. The average molecular weight is 311 g/mol. The molecule has 6 N–H and O–H groups in total. The number of carbonyl (C=O) groups excluding carboxylic acids is 2. The molecular weight excluding hydrogens is 298 g/mol. The summed E-state index contributed by atoms with van der Waals surface area (Å²) in [6.07, 6.45) is 0. The van der Waals surface area contributed by atoms with Gasteiger partial charge in [0.25, 0.3) is 0 Å². The Bertz CT molecular complexity index is 707. The Morgan fingerprint density at radius 1 is 1.19 bits per heavy atom. The Labute approximate surface area is 121 Å². The number of amides is 2. The molecule has 0 radical (unpaired) electrons. The van der Waals surface area contributed by atoms with Gasteiger partial charge in [-0.2, -0.15) is 9.57 Å². The number of hydrogen-bond acceptors (Lipinski definition) is 6. The van der Waals surface area contributed by atoms with Crippen LogP contribution in [-0.2, 0) is 19.6 Å². The average Bonchev–Trinajstić information content (AvgIpc) is 2.36. The number of nitrogens with two attached hydrogens (primary N) is 3. The van der Waals surface area contributed by atoms with Gasteiger partial charge in [-0.1, -0.05) is 0 Å². The minimum absolute atomic E-state index is 0.169. The van der Waals surface area contributed by atoms with Crippen molar-refractivity contribution >= 4 is 27.5 Å². The summed E-state index contributed by atoms with van der Waals surface area (Å²) in [5.74, 6) is -1.90. The molecule has 0 saturated heterocycles. The van der Waals surface area contributed by atoms with Crippen molar-refractivity contribution in [3.05, 3.63) is 23.8 Å². The molecule has 0 fully saturated rings. The number of nitrogens with zero attached hydrogens (tertiary/aromatic N) is 2. The van der Waals surface area contributed by atoms with Gasteiger partial charge in [0.05, 0.1) is 30.4 Å². The van der Waals surface area contributed by atoms with Gasteiger partial charge in [-0.05, 0) is 18.2 Å². The van der Waals surface area contributed by atoms with Crippen molar-refractivity contribution in [3.8, 4) is 6.07 Å². The maximum absolute atomic E-state index is 12.4. The summed E-state index contributed by atoms with van der Waals surface area (Å²) in [6.45, 7) is -1.44. The molecule has 1 aromatic carbocycles. The van der Waals surface area contributed by atoms with Crippen molar-refractivity contribution in [3.63, 3.8) is 0 Å². The lowest BCUT2D eigenvalue weighted by atomic mass is 10.2. The summed E-state index contributed by atoms with van der Waals surface area (Å²) in [5.41, 5.74) is 15.5. The zero-order chi connectivity index (χ0) is 16.2. The first-order chi connectivity index (χ1) is 9.68. The number of nitrogen functional groups attached to an aromatic ring is 1. The van der Waals surface area contributed by atoms with E-state index in [1.807, 2.05) is 0 Å². The Morgan fingerprint density at radius 2 is 1.71 bits per heavy atom. The summed E-state index contributed by atoms with van der Waals surface area (Å²) in [6, 6.07) is 5.33. The molecule has 0 aliphatic carbocycles. The highest BCUT2D eigenvalue weighted by Crippen LogP contribution is 2.23. The van der Waals surface area contributed by atoms with Gasteiger partial charge in [-0.25, -0.2) is 8.42 Å². The van der Waals surface area contributed by atoms with Crippen LogP contribution in [-0.4, -0.2) is 37.6 Å². The fourth-order valence-corrected chi connectivity index (χ4v) is 3.03. The highest BCUT2D eigenvalue weighted by molar-refractivity contribution is 7.89. The van der Waals surface area contributed by atoms with E-state index in [-0.39, 0.29) is 16.1 Å². The molecule has 0 aromatic heterocycles. The Hall–Kier alpha value is -2.64. The molecule has 0 unspecified atom stereocenters. The van der Waals surface area contributed by atoms with E-state index in [4.69, 9.17) is 22.5 Å². The molecule has 1 rings (SSSR count). The first-order valence-corrected chi connectivity index (χ1v) is 6.99. The van der Waals surface area contributed by atoms with Crippen LogP contribution in [0.3, 0.4) is 0 Å². The lowest BCUT2D eigenvalue weighted by molar-refractivity contribution is -0.120. The van der Waals surface area contributed by atoms with E-state index in [1.54, 1.807) is 6.07 Å². The number of nitriles is 1. The maximum Gasteiger partial charge on any atom is 0.246 e. The number of anilines is 1. The van der Waals surface area contributed by atoms with Crippen LogP contribution < -0.4 is 17.2 Å². The van der Waals surface area contributed by atoms with E-state index in [9.17, 15) is 18.0 Å². The third-order valence-electron chi connectivity index (χ3n) is 2.42. The number of primary amides is 2. The third kappa shape index (κ3) is 3.91. The summed E-state index contributed by atoms with van der Waals surface area (Å²) < 4.78 is 25.3. The van der Waals surface area contributed by atoms with Gasteiger partial charge in [0.15, 0.2) is 0 Å². The van der Waals surface area contributed by atoms with Crippen LogP contribution in [0.1, 0.15) is 5.56 Å². The van der Waals surface area contributed by atoms with E-state index in [0.717, 1.165) is 6.07 Å². The van der Waals surface area contributed by atoms with Crippen LogP contribution in [0.25, 0.3) is 0 Å². The number of benzene rings is 1. The molecular formula is C11H13N5O4S. The maximum atomic E-state index is 12.4. The van der Waals surface area contributed by atoms with E-state index < -0.39 is 34.9 Å². The van der Waals surface area contributed by atoms with Crippen molar-refractivity contribution < 1.29 is 18.0 Å². The number of rotatable bonds is 6. The Balaban J connectivity index is 3.31. The monoisotopic (exact) mass is 311 g/mol. The molecule has 0 aliphatic heterocycles. The lowest BCUT2D eigenvalue weighted by Crippen LogP contribution is -2.43. The van der Waals surface area contributed by atoms with Crippen LogP contribution in [0.5, 0.6) is 0 Å². The first kappa shape index (κ1) is 16.4. The molecule has 2 amide bonds. The predicted octanol–water partition coefficient (Wildman–Crippen LogP) is -1.90. The normalized spacial score (nSPS) is 11.0. The third-order valence-corrected chi connectivity index (χ3v) is 4.29. The minimum atomic E-state index is -4.25. The standard InChI is InChI=1S/C11H13N5O4S/c12-4-7-1-2-9(8(13)3-7)21(19,20)16(5-10(14)17)6-11(15)18/h1-3H,5-6,13H2,(H2,14,17)(H2,15,18). The molecule has 112 valence electrons. The van der Waals surface area contributed by atoms with Crippen LogP contribution in [0, 0.1) is 11.3 Å². The molecule has 0 heterocycles. The summed E-state index contributed by atoms with van der Waals surface area (Å²) in [7, 11) is -4.25. The number of hydrogen-bond donors (Lipinski definition) is 3. The fourth-order valence-electron chi connectivity index (χ4n) is 1.57. The van der Waals surface area contributed by atoms with Crippen LogP contribution in [0.2, 0.25) is 0 Å². The summed E-state index contributed by atoms with van der Waals surface area (Å²) in [5, 5.41) is 8.72. The van der Waals surface area contributed by atoms with Crippen LogP contribution >= 0.6 is 0 Å². The second kappa shape index (κ2) is 6.21. The van der Waals surface area contributed by atoms with Crippen LogP contribution in [0.4, 0.5) is 5.69 Å². The van der Waals surface area contributed by atoms with Crippen LogP contribution in [0.15, 0.2) is 23.1 Å². The van der Waals surface area contributed by atoms with E-state index >= 15 is 0 Å². The van der Waals surface area contributed by atoms with Gasteiger partial charge in [-0.15, -0.1) is 0 Å². The van der Waals surface area contributed by atoms with Gasteiger partial charge in [-0.3, -0.25) is 9.59 Å². The van der Waals surface area contributed by atoms with E-state index in [1.165, 1.54) is 12.1 Å². The largest absolute Gasteiger partial charge is 0.398 e. The molecule has 0 bridgehead atoms. The van der Waals surface area contributed by atoms with Gasteiger partial charge < -0.3 is 17.2 Å². The smallest absolute Gasteiger partial charge is 0.246 e. The molecule has 21 heavy (non-hydrogen) atoms. The lowest BCUT2D eigenvalue weighted by Gasteiger charge is -2.20. The van der Waals surface area contributed by atoms with E-state index in [0.29, 0.717) is 4.31 Å². The van der Waals surface area contributed by atoms with Gasteiger partial charge in [0.2, 0.25) is 21.8 Å². The Morgan fingerprint density at radius 3 is 2.10 bits per heavy atom. The number of carbonyl (C=O) groups is 2. The van der Waals surface area contributed by atoms with Crippen molar-refractivity contribution in [2.45, 2.75) is 4.90 Å². The SMILES string of the molecule is N#Cc1ccc(S(=O)(=O)N(CC(N)=O)CC(N)=O)c(N)c1. The fraction of sp³-hybridized carbons (Fsp3) is 0.182. The van der Waals surface area contributed by atoms with Crippen molar-refractivity contribution in [1.29, 1.82) is 5.26 Å². The predicted molar refractivity (Wildman–Crippen MR) is 72.7 cm³/mol. The van der Waals surface area contributed by atoms with Gasteiger partial charge >= 0.3 is 0 Å². The minimum Gasteiger partial charge on any atom is -0.398 e. The molecule has 10 heteroatoms. The van der Waals surface area contributed by atoms with E-state index in [2.05, 4.69) is 0 Å². The summed E-state index contributed by atoms with van der Waals surface area (Å²) >= 11 is 0. The van der Waals surface area contributed by atoms with Gasteiger partial charge in [0.1, 0.15) is 4.90 Å². The van der Waals surface area contributed by atoms with Gasteiger partial charge in [0, 0.05) is 0 Å². The first-order valence-electron chi connectivity index (χ1n) is 5.55. The molecule has 1 aromatic rings. The molecule has 0 atom stereocenters. The second-order valence-electron chi connectivity index (χ2n) is 4.07. The quantitative estimate of drug-likeness (QED) is 0.517. The molecule has 0 aliphatic rings. The molecule has 0 saturated carbocycles. The highest BCUT2D eigenvalue weighted by Gasteiger charge is 2.29. The molecule has 0 spiro atoms. The zero-order valence-corrected chi connectivity index (χ0v) is 11.6. The highest BCUT2D eigenvalue weighted by atomic mass is 32.2. The number of sulfonamides is 1. The Kier molecular flexibility index (Phi) is 4.85. The van der Waals surface area contributed by atoms with Crippen molar-refractivity contribution in [2.24, 2.45) is 11.5 Å². The zero-order valence-electron chi connectivity index (χ0n) is 10.8. The topological polar surface area (TPSA) is 173 Å². The summed E-state index contributed by atoms with van der Waals surface area (Å²) in [4.78, 5) is 21.5. The second-order valence-corrected chi connectivity index (χ2v) is 5.98. The van der Waals surface area contributed by atoms with Crippen molar-refractivity contribution in [2.75, 3.05) is 18.8 Å².